The van der Waals surface area contributed by atoms with Gasteiger partial charge in [0.05, 0.1) is 26.1 Å². The number of benzene rings is 4. The summed E-state index contributed by atoms with van der Waals surface area (Å²) in [7, 11) is -1.52. The zero-order chi connectivity index (χ0) is 47.7. The Kier molecular flexibility index (Phi) is 14.1. The summed E-state index contributed by atoms with van der Waals surface area (Å²) in [5.74, 6) is 0. The van der Waals surface area contributed by atoms with Crippen molar-refractivity contribution in [3.8, 4) is 76.9 Å². The highest BCUT2D eigenvalue weighted by atomic mass is 79.9. The summed E-state index contributed by atoms with van der Waals surface area (Å²) >= 11 is 6.82. The molecule has 0 aliphatic carbocycles. The van der Waals surface area contributed by atoms with Crippen LogP contribution in [0.4, 0.5) is 0 Å². The zero-order valence-corrected chi connectivity index (χ0v) is 40.2. The Balaban J connectivity index is 0.000000131. The summed E-state index contributed by atoms with van der Waals surface area (Å²) in [4.78, 5) is 35.3. The van der Waals surface area contributed by atoms with Crippen LogP contribution in [0.3, 0.4) is 0 Å². The molecule has 0 spiro atoms. The number of hydrogen-bond acceptors (Lipinski definition) is 12. The van der Waals surface area contributed by atoms with Crippen LogP contribution >= 0.6 is 38.6 Å². The lowest BCUT2D eigenvalue weighted by Crippen LogP contribution is -2.29. The van der Waals surface area contributed by atoms with Crippen LogP contribution in [0.5, 0.6) is 0 Å². The van der Waals surface area contributed by atoms with E-state index in [1.54, 1.807) is 78.2 Å². The average Bonchev–Trinajstić information content (AvgIpc) is 4.07. The normalized spacial score (nSPS) is 10.8. The SMILES string of the molecule is Brc1ncccc1-c1nc2ccccc2s1.OB(O)c1cc(-c2cccnc2)cc(-c2cccnc2)c1.c1cncc(-c2cc(-c3cccnc3)cc(-c3ncccc3-c3nc4ccccc4s3)c2)c1. The molecular formula is C56H38BBrN8O2S2. The molecule has 336 valence electrons. The fourth-order valence-corrected chi connectivity index (χ4v) is 10.2. The van der Waals surface area contributed by atoms with Crippen LogP contribution in [0.25, 0.3) is 97.3 Å². The van der Waals surface area contributed by atoms with Gasteiger partial charge in [0, 0.05) is 89.8 Å². The molecule has 0 fully saturated rings. The van der Waals surface area contributed by atoms with Gasteiger partial charge in [0.1, 0.15) is 14.6 Å². The van der Waals surface area contributed by atoms with Gasteiger partial charge in [-0.1, -0.05) is 60.7 Å². The molecule has 0 aliphatic rings. The molecule has 70 heavy (non-hydrogen) atoms. The molecule has 0 bridgehead atoms. The van der Waals surface area contributed by atoms with E-state index in [1.165, 1.54) is 9.40 Å². The molecule has 0 amide bonds. The second-order valence-electron chi connectivity index (χ2n) is 15.7. The van der Waals surface area contributed by atoms with Crippen LogP contribution in [0.1, 0.15) is 0 Å². The second kappa shape index (κ2) is 21.5. The maximum absolute atomic E-state index is 9.49. The molecule has 0 saturated heterocycles. The summed E-state index contributed by atoms with van der Waals surface area (Å²) < 4.78 is 3.21. The number of aromatic nitrogens is 8. The average molecular weight is 1010 g/mol. The highest BCUT2D eigenvalue weighted by Gasteiger charge is 2.17. The van der Waals surface area contributed by atoms with Gasteiger partial charge in [0.15, 0.2) is 0 Å². The molecule has 12 rings (SSSR count). The Hall–Kier alpha value is -7.98. The molecule has 0 radical (unpaired) electrons. The van der Waals surface area contributed by atoms with E-state index in [4.69, 9.17) is 9.97 Å². The van der Waals surface area contributed by atoms with Crippen molar-refractivity contribution in [2.45, 2.75) is 0 Å². The number of nitrogens with zero attached hydrogens (tertiary/aromatic N) is 8. The van der Waals surface area contributed by atoms with Crippen molar-refractivity contribution >= 4 is 71.6 Å². The van der Waals surface area contributed by atoms with E-state index < -0.39 is 7.12 Å². The van der Waals surface area contributed by atoms with Crippen LogP contribution in [0.15, 0.2) is 224 Å². The minimum atomic E-state index is -1.52. The molecular weight excluding hydrogens is 972 g/mol. The Labute approximate surface area is 420 Å². The number of pyridine rings is 6. The number of thiazole rings is 2. The molecule has 10 nitrogen and oxygen atoms in total. The molecule has 2 N–H and O–H groups in total. The Morgan fingerprint density at radius 2 is 0.786 bits per heavy atom. The summed E-state index contributed by atoms with van der Waals surface area (Å²) in [6.45, 7) is 0. The molecule has 0 aliphatic heterocycles. The number of halogens is 1. The van der Waals surface area contributed by atoms with Gasteiger partial charge >= 0.3 is 7.12 Å². The highest BCUT2D eigenvalue weighted by molar-refractivity contribution is 9.10. The second-order valence-corrected chi connectivity index (χ2v) is 18.5. The van der Waals surface area contributed by atoms with Crippen molar-refractivity contribution in [1.82, 2.24) is 39.9 Å². The minimum Gasteiger partial charge on any atom is -0.423 e. The lowest BCUT2D eigenvalue weighted by atomic mass is 9.77. The molecule has 8 heterocycles. The topological polar surface area (TPSA) is 144 Å². The van der Waals surface area contributed by atoms with Gasteiger partial charge in [-0.3, -0.25) is 24.9 Å². The number of para-hydroxylation sites is 2. The lowest BCUT2D eigenvalue weighted by Gasteiger charge is -2.12. The van der Waals surface area contributed by atoms with E-state index in [1.807, 2.05) is 110 Å². The fourth-order valence-electron chi connectivity index (χ4n) is 7.69. The van der Waals surface area contributed by atoms with Crippen molar-refractivity contribution in [2.75, 3.05) is 0 Å². The van der Waals surface area contributed by atoms with Crippen molar-refractivity contribution in [1.29, 1.82) is 0 Å². The molecule has 0 saturated carbocycles. The van der Waals surface area contributed by atoms with Crippen molar-refractivity contribution in [2.24, 2.45) is 0 Å². The van der Waals surface area contributed by atoms with Gasteiger partial charge in [-0.25, -0.2) is 15.0 Å². The fraction of sp³-hybridized carbons (Fsp3) is 0. The molecule has 14 heteroatoms. The van der Waals surface area contributed by atoms with Gasteiger partial charge in [0.25, 0.3) is 0 Å². The van der Waals surface area contributed by atoms with E-state index in [0.29, 0.717) is 5.46 Å². The maximum Gasteiger partial charge on any atom is 0.488 e. The third-order valence-electron chi connectivity index (χ3n) is 11.1. The Morgan fingerprint density at radius 1 is 0.386 bits per heavy atom. The van der Waals surface area contributed by atoms with Gasteiger partial charge in [-0.05, 0) is 152 Å². The number of fused-ring (bicyclic) bond motifs is 2. The maximum atomic E-state index is 9.49. The highest BCUT2D eigenvalue weighted by Crippen LogP contribution is 2.39. The third kappa shape index (κ3) is 10.7. The van der Waals surface area contributed by atoms with Gasteiger partial charge in [-0.15, -0.1) is 22.7 Å². The molecule has 0 unspecified atom stereocenters. The Morgan fingerprint density at radius 3 is 1.21 bits per heavy atom. The summed E-state index contributed by atoms with van der Waals surface area (Å²) in [5, 5.41) is 20.9. The van der Waals surface area contributed by atoms with Gasteiger partial charge in [-0.2, -0.15) is 0 Å². The molecule has 4 aromatic carbocycles. The number of rotatable bonds is 8. The van der Waals surface area contributed by atoms with Crippen LogP contribution in [0.2, 0.25) is 0 Å². The first-order valence-corrected chi connectivity index (χ1v) is 24.4. The predicted molar refractivity (Wildman–Crippen MR) is 288 cm³/mol. The smallest absolute Gasteiger partial charge is 0.423 e. The first-order valence-electron chi connectivity index (χ1n) is 22.0. The first-order chi connectivity index (χ1) is 34.4. The molecule has 8 aromatic heterocycles. The van der Waals surface area contributed by atoms with Crippen molar-refractivity contribution in [3.63, 3.8) is 0 Å². The van der Waals surface area contributed by atoms with E-state index in [0.717, 1.165) is 92.5 Å². The van der Waals surface area contributed by atoms with Crippen LogP contribution < -0.4 is 5.46 Å². The summed E-state index contributed by atoms with van der Waals surface area (Å²) in [5.41, 5.74) is 14.4. The van der Waals surface area contributed by atoms with E-state index in [-0.39, 0.29) is 0 Å². The monoisotopic (exact) mass is 1010 g/mol. The predicted octanol–water partition coefficient (Wildman–Crippen LogP) is 12.8. The lowest BCUT2D eigenvalue weighted by molar-refractivity contribution is 0.426. The third-order valence-corrected chi connectivity index (χ3v) is 13.8. The van der Waals surface area contributed by atoms with E-state index in [2.05, 4.69) is 100 Å². The largest absolute Gasteiger partial charge is 0.488 e. The summed E-state index contributed by atoms with van der Waals surface area (Å²) in [6.07, 6.45) is 17.9. The Bertz CT molecular complexity index is 3500. The van der Waals surface area contributed by atoms with Crippen LogP contribution in [-0.2, 0) is 0 Å². The molecule has 0 atom stereocenters. The van der Waals surface area contributed by atoms with Gasteiger partial charge in [0.2, 0.25) is 0 Å². The summed E-state index contributed by atoms with van der Waals surface area (Å²) in [6, 6.07) is 52.0. The number of hydrogen-bond donors (Lipinski definition) is 2. The zero-order valence-electron chi connectivity index (χ0n) is 37.0. The first kappa shape index (κ1) is 45.8. The van der Waals surface area contributed by atoms with Crippen molar-refractivity contribution in [3.05, 3.63) is 224 Å². The van der Waals surface area contributed by atoms with Gasteiger partial charge < -0.3 is 10.0 Å². The van der Waals surface area contributed by atoms with E-state index in [9.17, 15) is 10.0 Å². The quantitative estimate of drug-likeness (QED) is 0.111. The standard InChI is InChI=1S/C28H18N4S.C16H13BN2O2.C12H7BrN2S/c1-2-10-26-25(9-1)32-28(33-26)24-8-5-13-31-27(24)23-15-21(19-6-3-11-29-17-19)14-22(16-23)20-7-4-12-30-18-20;20-17(21)16-8-14(12-3-1-5-18-10-12)7-15(9-16)13-4-2-6-19-11-13;13-11-8(4-3-7-14-11)12-15-9-5-1-2-6-10(9)16-12/h1-18H;1-11,20-21H;1-7H. The van der Waals surface area contributed by atoms with E-state index >= 15 is 0 Å². The van der Waals surface area contributed by atoms with Crippen LogP contribution in [-0.4, -0.2) is 57.0 Å². The van der Waals surface area contributed by atoms with Crippen LogP contribution in [0, 0.1) is 0 Å². The minimum absolute atomic E-state index is 0.440. The molecule has 12 aromatic rings. The van der Waals surface area contributed by atoms with Crippen molar-refractivity contribution < 1.29 is 10.0 Å².